The van der Waals surface area contributed by atoms with Crippen LogP contribution in [0.1, 0.15) is 57.8 Å². The predicted octanol–water partition coefficient (Wildman–Crippen LogP) is 4.38. The molecule has 0 radical (unpaired) electrons. The van der Waals surface area contributed by atoms with Crippen molar-refractivity contribution < 1.29 is 19.1 Å². The third-order valence-electron chi connectivity index (χ3n) is 5.36. The highest BCUT2D eigenvalue weighted by Gasteiger charge is 2.47. The fourth-order valence-electron chi connectivity index (χ4n) is 3.60. The van der Waals surface area contributed by atoms with Crippen LogP contribution in [0.25, 0.3) is 11.0 Å². The van der Waals surface area contributed by atoms with Crippen LogP contribution >= 0.6 is 0 Å². The molecule has 1 aromatic heterocycles. The van der Waals surface area contributed by atoms with E-state index in [0.717, 1.165) is 29.6 Å². The van der Waals surface area contributed by atoms with Crippen molar-refractivity contribution >= 4 is 22.8 Å². The van der Waals surface area contributed by atoms with E-state index in [4.69, 9.17) is 4.42 Å². The van der Waals surface area contributed by atoms with Crippen molar-refractivity contribution in [2.75, 3.05) is 6.54 Å². The van der Waals surface area contributed by atoms with E-state index in [1.54, 1.807) is 4.90 Å². The number of aliphatic carboxylic acids is 1. The molecule has 5 nitrogen and oxygen atoms in total. The molecule has 0 bridgehead atoms. The van der Waals surface area contributed by atoms with Gasteiger partial charge in [0.2, 0.25) is 5.91 Å². The normalized spacial score (nSPS) is 17.0. The third kappa shape index (κ3) is 3.28. The summed E-state index contributed by atoms with van der Waals surface area (Å²) in [5.74, 6) is -0.210. The number of hydrogen-bond donors (Lipinski definition) is 1. The van der Waals surface area contributed by atoms with Crippen molar-refractivity contribution in [2.24, 2.45) is 5.41 Å². The summed E-state index contributed by atoms with van der Waals surface area (Å²) in [7, 11) is 0. The van der Waals surface area contributed by atoms with E-state index in [1.165, 1.54) is 0 Å². The summed E-state index contributed by atoms with van der Waals surface area (Å²) >= 11 is 0. The zero-order valence-corrected chi connectivity index (χ0v) is 14.8. The summed E-state index contributed by atoms with van der Waals surface area (Å²) in [5, 5.41) is 10.5. The standard InChI is InChI=1S/C20H25NO4/c1-3-11-21(18(22)13-20(19(23)24)9-6-10-20)14(2)17-12-15-7-4-5-8-16(15)25-17/h4-5,7-8,12,14H,3,6,9-11,13H2,1-2H3,(H,23,24). The van der Waals surface area contributed by atoms with Gasteiger partial charge in [0.05, 0.1) is 11.5 Å². The Hall–Kier alpha value is -2.30. The molecular weight excluding hydrogens is 318 g/mol. The van der Waals surface area contributed by atoms with Crippen LogP contribution in [0.3, 0.4) is 0 Å². The first-order chi connectivity index (χ1) is 12.0. The van der Waals surface area contributed by atoms with Crippen LogP contribution < -0.4 is 0 Å². The molecule has 2 aromatic rings. The van der Waals surface area contributed by atoms with Gasteiger partial charge in [0, 0.05) is 18.4 Å². The maximum absolute atomic E-state index is 12.9. The smallest absolute Gasteiger partial charge is 0.310 e. The van der Waals surface area contributed by atoms with E-state index in [0.29, 0.717) is 19.4 Å². The lowest BCUT2D eigenvalue weighted by Crippen LogP contribution is -2.44. The van der Waals surface area contributed by atoms with Crippen molar-refractivity contribution in [3.63, 3.8) is 0 Å². The van der Waals surface area contributed by atoms with Gasteiger partial charge in [0.25, 0.3) is 0 Å². The van der Waals surface area contributed by atoms with Gasteiger partial charge in [-0.3, -0.25) is 9.59 Å². The average Bonchev–Trinajstić information content (AvgIpc) is 2.98. The number of benzene rings is 1. The van der Waals surface area contributed by atoms with E-state index >= 15 is 0 Å². The number of carbonyl (C=O) groups excluding carboxylic acids is 1. The SMILES string of the molecule is CCCN(C(=O)CC1(C(=O)O)CCC1)C(C)c1cc2ccccc2o1. The van der Waals surface area contributed by atoms with Gasteiger partial charge < -0.3 is 14.4 Å². The highest BCUT2D eigenvalue weighted by molar-refractivity contribution is 5.86. The zero-order chi connectivity index (χ0) is 18.0. The fraction of sp³-hybridized carbons (Fsp3) is 0.500. The first-order valence-electron chi connectivity index (χ1n) is 8.98. The van der Waals surface area contributed by atoms with Gasteiger partial charge in [-0.25, -0.2) is 0 Å². The molecule has 1 atom stereocenters. The van der Waals surface area contributed by atoms with Gasteiger partial charge in [-0.05, 0) is 38.3 Å². The summed E-state index contributed by atoms with van der Waals surface area (Å²) in [6.45, 7) is 4.55. The molecule has 5 heteroatoms. The Bertz CT molecular complexity index is 742. The van der Waals surface area contributed by atoms with Crippen LogP contribution in [-0.4, -0.2) is 28.4 Å². The van der Waals surface area contributed by atoms with Gasteiger partial charge >= 0.3 is 5.97 Å². The minimum absolute atomic E-state index is 0.0763. The van der Waals surface area contributed by atoms with Gasteiger partial charge in [-0.1, -0.05) is 31.5 Å². The summed E-state index contributed by atoms with van der Waals surface area (Å²) in [6, 6.07) is 9.51. The quantitative estimate of drug-likeness (QED) is 0.810. The summed E-state index contributed by atoms with van der Waals surface area (Å²) in [4.78, 5) is 26.2. The number of furan rings is 1. The van der Waals surface area contributed by atoms with E-state index in [9.17, 15) is 14.7 Å². The Morgan fingerprint density at radius 3 is 2.60 bits per heavy atom. The lowest BCUT2D eigenvalue weighted by molar-refractivity contribution is -0.160. The van der Waals surface area contributed by atoms with E-state index in [-0.39, 0.29) is 18.4 Å². The number of hydrogen-bond acceptors (Lipinski definition) is 3. The Morgan fingerprint density at radius 2 is 2.04 bits per heavy atom. The van der Waals surface area contributed by atoms with Gasteiger partial charge in [0.1, 0.15) is 11.3 Å². The van der Waals surface area contributed by atoms with Crippen LogP contribution in [-0.2, 0) is 9.59 Å². The molecule has 1 aromatic carbocycles. The van der Waals surface area contributed by atoms with Gasteiger partial charge in [-0.2, -0.15) is 0 Å². The van der Waals surface area contributed by atoms with Crippen molar-refractivity contribution in [1.29, 1.82) is 0 Å². The number of carboxylic acid groups (broad SMARTS) is 1. The topological polar surface area (TPSA) is 70.8 Å². The van der Waals surface area contributed by atoms with Crippen molar-refractivity contribution in [2.45, 2.75) is 52.0 Å². The minimum Gasteiger partial charge on any atom is -0.481 e. The van der Waals surface area contributed by atoms with Crippen molar-refractivity contribution in [1.82, 2.24) is 4.90 Å². The number of para-hydroxylation sites is 1. The second kappa shape index (κ2) is 6.90. The molecule has 0 spiro atoms. The Labute approximate surface area is 147 Å². The van der Waals surface area contributed by atoms with Crippen LogP contribution in [0.2, 0.25) is 0 Å². The molecule has 1 amide bonds. The highest BCUT2D eigenvalue weighted by Crippen LogP contribution is 2.45. The van der Waals surface area contributed by atoms with Crippen LogP contribution in [0, 0.1) is 5.41 Å². The molecule has 3 rings (SSSR count). The van der Waals surface area contributed by atoms with Crippen LogP contribution in [0.4, 0.5) is 0 Å². The Morgan fingerprint density at radius 1 is 1.32 bits per heavy atom. The maximum Gasteiger partial charge on any atom is 0.310 e. The largest absolute Gasteiger partial charge is 0.481 e. The molecular formula is C20H25NO4. The number of carboxylic acids is 1. The Kier molecular flexibility index (Phi) is 4.84. The molecule has 134 valence electrons. The van der Waals surface area contributed by atoms with E-state index < -0.39 is 11.4 Å². The number of carbonyl (C=O) groups is 2. The number of fused-ring (bicyclic) bond motifs is 1. The summed E-state index contributed by atoms with van der Waals surface area (Å²) in [5.41, 5.74) is -0.0642. The molecule has 0 saturated heterocycles. The lowest BCUT2D eigenvalue weighted by Gasteiger charge is -2.39. The van der Waals surface area contributed by atoms with Crippen molar-refractivity contribution in [3.05, 3.63) is 36.1 Å². The molecule has 1 N–H and O–H groups in total. The monoisotopic (exact) mass is 343 g/mol. The first kappa shape index (κ1) is 17.5. The zero-order valence-electron chi connectivity index (χ0n) is 14.8. The highest BCUT2D eigenvalue weighted by atomic mass is 16.4. The molecule has 1 aliphatic rings. The third-order valence-corrected chi connectivity index (χ3v) is 5.36. The average molecular weight is 343 g/mol. The Balaban J connectivity index is 1.81. The minimum atomic E-state index is -0.864. The van der Waals surface area contributed by atoms with Crippen LogP contribution in [0.15, 0.2) is 34.7 Å². The molecule has 1 heterocycles. The van der Waals surface area contributed by atoms with Crippen LogP contribution in [0.5, 0.6) is 0 Å². The molecule has 1 fully saturated rings. The van der Waals surface area contributed by atoms with Crippen molar-refractivity contribution in [3.8, 4) is 0 Å². The number of rotatable bonds is 7. The number of nitrogens with zero attached hydrogens (tertiary/aromatic N) is 1. The molecule has 1 saturated carbocycles. The van der Waals surface area contributed by atoms with Gasteiger partial charge in [0.15, 0.2) is 0 Å². The molecule has 1 unspecified atom stereocenters. The molecule has 0 aliphatic heterocycles. The second-order valence-corrected chi connectivity index (χ2v) is 7.07. The summed E-state index contributed by atoms with van der Waals surface area (Å²) < 4.78 is 5.91. The molecule has 1 aliphatic carbocycles. The maximum atomic E-state index is 12.9. The van der Waals surface area contributed by atoms with E-state index in [1.807, 2.05) is 44.2 Å². The summed E-state index contributed by atoms with van der Waals surface area (Å²) in [6.07, 6.45) is 2.95. The van der Waals surface area contributed by atoms with E-state index in [2.05, 4.69) is 0 Å². The molecule has 25 heavy (non-hydrogen) atoms. The van der Waals surface area contributed by atoms with Gasteiger partial charge in [-0.15, -0.1) is 0 Å². The lowest BCUT2D eigenvalue weighted by atomic mass is 9.66. The fourth-order valence-corrected chi connectivity index (χ4v) is 3.60. The first-order valence-corrected chi connectivity index (χ1v) is 8.98. The second-order valence-electron chi connectivity index (χ2n) is 7.07. The number of amides is 1. The predicted molar refractivity (Wildman–Crippen MR) is 95.2 cm³/mol.